The Balaban J connectivity index is 1.46. The number of carbonyl (C=O) groups excluding carboxylic acids is 2. The molecule has 0 amide bonds. The van der Waals surface area contributed by atoms with E-state index in [0.29, 0.717) is 35.4 Å². The van der Waals surface area contributed by atoms with E-state index in [1.165, 1.54) is 19.6 Å². The van der Waals surface area contributed by atoms with Crippen molar-refractivity contribution < 1.29 is 19.1 Å². The summed E-state index contributed by atoms with van der Waals surface area (Å²) in [4.78, 5) is 26.5. The van der Waals surface area contributed by atoms with Crippen LogP contribution in [0.5, 0.6) is 11.5 Å². The van der Waals surface area contributed by atoms with Gasteiger partial charge < -0.3 is 9.47 Å². The summed E-state index contributed by atoms with van der Waals surface area (Å²) in [6, 6.07) is 16.0. The first kappa shape index (κ1) is 22.0. The van der Waals surface area contributed by atoms with Crippen molar-refractivity contribution in [1.29, 1.82) is 0 Å². The van der Waals surface area contributed by atoms with Gasteiger partial charge in [-0.1, -0.05) is 30.3 Å². The highest BCUT2D eigenvalue weighted by atomic mass is 16.5. The smallest absolute Gasteiger partial charge is 0.170 e. The number of piperidine rings is 1. The van der Waals surface area contributed by atoms with E-state index in [1.54, 1.807) is 18.2 Å². The summed E-state index contributed by atoms with van der Waals surface area (Å²) in [6.07, 6.45) is 2.60. The van der Waals surface area contributed by atoms with Gasteiger partial charge in [0.15, 0.2) is 23.1 Å². The van der Waals surface area contributed by atoms with E-state index in [4.69, 9.17) is 9.47 Å². The van der Waals surface area contributed by atoms with Gasteiger partial charge in [0, 0.05) is 18.0 Å². The van der Waals surface area contributed by atoms with Gasteiger partial charge in [0.1, 0.15) is 6.61 Å². The second kappa shape index (κ2) is 10.4. The summed E-state index contributed by atoms with van der Waals surface area (Å²) >= 11 is 0. The maximum atomic E-state index is 12.5. The van der Waals surface area contributed by atoms with Crippen molar-refractivity contribution in [3.63, 3.8) is 0 Å². The number of methoxy groups -OCH3 is 1. The molecule has 1 aliphatic rings. The normalized spacial score (nSPS) is 16.1. The summed E-state index contributed by atoms with van der Waals surface area (Å²) in [7, 11) is 1.53. The van der Waals surface area contributed by atoms with E-state index in [2.05, 4.69) is 36.1 Å². The van der Waals surface area contributed by atoms with Crippen LogP contribution in [-0.4, -0.2) is 43.3 Å². The molecular weight excluding hydrogens is 378 g/mol. The highest BCUT2D eigenvalue weighted by molar-refractivity contribution is 5.94. The first-order valence-corrected chi connectivity index (χ1v) is 10.6. The molecule has 2 aromatic rings. The number of carbonyl (C=O) groups is 2. The highest BCUT2D eigenvalue weighted by Crippen LogP contribution is 2.30. The summed E-state index contributed by atoms with van der Waals surface area (Å²) in [5, 5.41) is 0. The lowest BCUT2D eigenvalue weighted by Gasteiger charge is -2.36. The summed E-state index contributed by atoms with van der Waals surface area (Å²) in [5.41, 5.74) is 1.90. The molecule has 160 valence electrons. The zero-order chi connectivity index (χ0) is 21.5. The molecule has 1 fully saturated rings. The molecule has 0 bridgehead atoms. The maximum absolute atomic E-state index is 12.5. The molecule has 1 saturated heterocycles. The molecule has 30 heavy (non-hydrogen) atoms. The van der Waals surface area contributed by atoms with Gasteiger partial charge in [0.05, 0.1) is 7.11 Å². The molecule has 5 nitrogen and oxygen atoms in total. The van der Waals surface area contributed by atoms with Gasteiger partial charge in [-0.25, -0.2) is 0 Å². The van der Waals surface area contributed by atoms with E-state index < -0.39 is 0 Å². The second-order valence-corrected chi connectivity index (χ2v) is 8.02. The third kappa shape index (κ3) is 5.70. The largest absolute Gasteiger partial charge is 0.493 e. The lowest BCUT2D eigenvalue weighted by molar-refractivity contribution is -0.122. The third-order valence-electron chi connectivity index (χ3n) is 5.95. The topological polar surface area (TPSA) is 55.8 Å². The number of Topliss-reactive ketones (excluding diaryl/α,β-unsaturated/α-hetero) is 2. The second-order valence-electron chi connectivity index (χ2n) is 8.02. The predicted molar refractivity (Wildman–Crippen MR) is 117 cm³/mol. The molecule has 3 rings (SSSR count). The minimum absolute atomic E-state index is 0.0242. The molecule has 0 radical (unpaired) electrons. The van der Waals surface area contributed by atoms with Gasteiger partial charge in [0.25, 0.3) is 0 Å². The molecule has 0 N–H and O–H groups in total. The number of nitrogens with zero attached hydrogens (tertiary/aromatic N) is 1. The zero-order valence-electron chi connectivity index (χ0n) is 18.1. The van der Waals surface area contributed by atoms with Gasteiger partial charge in [-0.3, -0.25) is 14.5 Å². The molecule has 1 heterocycles. The Bertz CT molecular complexity index is 857. The minimum Gasteiger partial charge on any atom is -0.493 e. The maximum Gasteiger partial charge on any atom is 0.170 e. The lowest BCUT2D eigenvalue weighted by atomic mass is 9.90. The standard InChI is InChI=1S/C25H31NO4/c1-18(21-7-5-4-6-8-21)26-13-11-20(12-14-26)15-23(28)17-30-24-10-9-22(19(2)27)16-25(24)29-3/h4-10,16,18,20H,11-15,17H2,1-3H3. The lowest BCUT2D eigenvalue weighted by Crippen LogP contribution is -2.36. The highest BCUT2D eigenvalue weighted by Gasteiger charge is 2.25. The van der Waals surface area contributed by atoms with Crippen LogP contribution in [0, 0.1) is 5.92 Å². The SMILES string of the molecule is COc1cc(C(C)=O)ccc1OCC(=O)CC1CCN(C(C)c2ccccc2)CC1. The van der Waals surface area contributed by atoms with Gasteiger partial charge in [-0.05, 0) is 69.5 Å². The fourth-order valence-corrected chi connectivity index (χ4v) is 4.03. The third-order valence-corrected chi connectivity index (χ3v) is 5.95. The number of hydrogen-bond acceptors (Lipinski definition) is 5. The van der Waals surface area contributed by atoms with Crippen LogP contribution < -0.4 is 9.47 Å². The molecule has 2 aromatic carbocycles. The fourth-order valence-electron chi connectivity index (χ4n) is 4.03. The number of ether oxygens (including phenoxy) is 2. The monoisotopic (exact) mass is 409 g/mol. The Labute approximate surface area is 179 Å². The van der Waals surface area contributed by atoms with Crippen LogP contribution in [0.4, 0.5) is 0 Å². The summed E-state index contributed by atoms with van der Waals surface area (Å²) < 4.78 is 11.0. The fraction of sp³-hybridized carbons (Fsp3) is 0.440. The molecular formula is C25H31NO4. The molecule has 0 aliphatic carbocycles. The Morgan fingerprint density at radius 1 is 1.07 bits per heavy atom. The average Bonchev–Trinajstić information content (AvgIpc) is 2.78. The van der Waals surface area contributed by atoms with Crippen LogP contribution >= 0.6 is 0 Å². The van der Waals surface area contributed by atoms with Crippen molar-refractivity contribution in [2.75, 3.05) is 26.8 Å². The van der Waals surface area contributed by atoms with Crippen LogP contribution in [0.3, 0.4) is 0 Å². The molecule has 5 heteroatoms. The van der Waals surface area contributed by atoms with Crippen molar-refractivity contribution in [2.24, 2.45) is 5.92 Å². The molecule has 0 spiro atoms. The van der Waals surface area contributed by atoms with E-state index in [-0.39, 0.29) is 18.2 Å². The molecule has 1 unspecified atom stereocenters. The van der Waals surface area contributed by atoms with Gasteiger partial charge >= 0.3 is 0 Å². The van der Waals surface area contributed by atoms with Crippen LogP contribution in [0.2, 0.25) is 0 Å². The van der Waals surface area contributed by atoms with Crippen molar-refractivity contribution in [1.82, 2.24) is 4.90 Å². The number of benzene rings is 2. The first-order chi connectivity index (χ1) is 14.5. The van der Waals surface area contributed by atoms with Crippen LogP contribution in [0.15, 0.2) is 48.5 Å². The number of rotatable bonds is 9. The van der Waals surface area contributed by atoms with E-state index >= 15 is 0 Å². The van der Waals surface area contributed by atoms with Gasteiger partial charge in [0.2, 0.25) is 0 Å². The van der Waals surface area contributed by atoms with Crippen molar-refractivity contribution in [2.45, 2.75) is 39.2 Å². The van der Waals surface area contributed by atoms with Crippen LogP contribution in [0.1, 0.15) is 55.1 Å². The molecule has 0 saturated carbocycles. The first-order valence-electron chi connectivity index (χ1n) is 10.6. The molecule has 1 aliphatic heterocycles. The van der Waals surface area contributed by atoms with Crippen LogP contribution in [0.25, 0.3) is 0 Å². The average molecular weight is 410 g/mol. The number of likely N-dealkylation sites (tertiary alicyclic amines) is 1. The summed E-state index contributed by atoms with van der Waals surface area (Å²) in [5.74, 6) is 1.43. The van der Waals surface area contributed by atoms with E-state index in [1.807, 2.05) is 6.07 Å². The molecule has 1 atom stereocenters. The van der Waals surface area contributed by atoms with Crippen molar-refractivity contribution in [3.05, 3.63) is 59.7 Å². The quantitative estimate of drug-likeness (QED) is 0.562. The van der Waals surface area contributed by atoms with E-state index in [0.717, 1.165) is 25.9 Å². The number of ketones is 2. The van der Waals surface area contributed by atoms with Gasteiger partial charge in [-0.15, -0.1) is 0 Å². The zero-order valence-corrected chi connectivity index (χ0v) is 18.1. The van der Waals surface area contributed by atoms with E-state index in [9.17, 15) is 9.59 Å². The van der Waals surface area contributed by atoms with Crippen LogP contribution in [-0.2, 0) is 4.79 Å². The Morgan fingerprint density at radius 3 is 2.40 bits per heavy atom. The van der Waals surface area contributed by atoms with Crippen molar-refractivity contribution >= 4 is 11.6 Å². The number of hydrogen-bond donors (Lipinski definition) is 0. The summed E-state index contributed by atoms with van der Waals surface area (Å²) in [6.45, 7) is 5.80. The Hall–Kier alpha value is -2.66. The molecule has 0 aromatic heterocycles. The predicted octanol–water partition coefficient (Wildman–Crippen LogP) is 4.71. The van der Waals surface area contributed by atoms with Gasteiger partial charge in [-0.2, -0.15) is 0 Å². The Kier molecular flexibility index (Phi) is 7.63. The van der Waals surface area contributed by atoms with Crippen molar-refractivity contribution in [3.8, 4) is 11.5 Å². The minimum atomic E-state index is -0.0381. The Morgan fingerprint density at radius 2 is 1.77 bits per heavy atom.